The first-order valence-electron chi connectivity index (χ1n) is 6.19. The van der Waals surface area contributed by atoms with Crippen molar-refractivity contribution in [3.63, 3.8) is 0 Å². The van der Waals surface area contributed by atoms with Crippen molar-refractivity contribution in [2.45, 2.75) is 30.8 Å². The normalized spacial score (nSPS) is 10.3. The fourth-order valence-corrected chi connectivity index (χ4v) is 3.45. The largest absolute Gasteiger partial charge is 0.395 e. The first-order valence-corrected chi connectivity index (χ1v) is 8.06. The Kier molecular flexibility index (Phi) is 5.47. The van der Waals surface area contributed by atoms with Crippen molar-refractivity contribution in [2.75, 3.05) is 6.61 Å². The molecule has 0 atom stereocenters. The van der Waals surface area contributed by atoms with E-state index in [-0.39, 0.29) is 12.3 Å². The van der Waals surface area contributed by atoms with Gasteiger partial charge in [0.05, 0.1) is 6.61 Å². The Hall–Kier alpha value is -1.49. The van der Waals surface area contributed by atoms with E-state index in [0.717, 1.165) is 11.3 Å². The van der Waals surface area contributed by atoms with Crippen molar-refractivity contribution in [2.24, 2.45) is 0 Å². The second-order valence-electron chi connectivity index (χ2n) is 3.92. The number of aromatic amines is 1. The summed E-state index contributed by atoms with van der Waals surface area (Å²) in [6, 6.07) is 2.03. The first kappa shape index (κ1) is 14.9. The van der Waals surface area contributed by atoms with Crippen LogP contribution in [0.3, 0.4) is 0 Å². The van der Waals surface area contributed by atoms with Gasteiger partial charge in [0.2, 0.25) is 0 Å². The number of hydrogen-bond donors (Lipinski definition) is 2. The summed E-state index contributed by atoms with van der Waals surface area (Å²) in [5.41, 5.74) is 0.797. The molecule has 0 radical (unpaired) electrons. The van der Waals surface area contributed by atoms with Crippen molar-refractivity contribution in [1.29, 1.82) is 0 Å². The van der Waals surface area contributed by atoms with Gasteiger partial charge in [-0.15, -0.1) is 16.4 Å². The van der Waals surface area contributed by atoms with Crippen LogP contribution in [-0.2, 0) is 12.3 Å². The average molecular weight is 309 g/mol. The summed E-state index contributed by atoms with van der Waals surface area (Å²) in [6.07, 6.45) is 0.496. The minimum atomic E-state index is -0.170. The highest BCUT2D eigenvalue weighted by Gasteiger charge is 2.08. The van der Waals surface area contributed by atoms with Gasteiger partial charge in [-0.3, -0.25) is 4.57 Å². The van der Waals surface area contributed by atoms with Crippen LogP contribution < -0.4 is 5.69 Å². The van der Waals surface area contributed by atoms with E-state index in [1.54, 1.807) is 15.9 Å². The summed E-state index contributed by atoms with van der Waals surface area (Å²) in [5.74, 6) is 6.66. The van der Waals surface area contributed by atoms with E-state index < -0.39 is 0 Å². The predicted molar refractivity (Wildman–Crippen MR) is 81.0 cm³/mol. The van der Waals surface area contributed by atoms with Crippen LogP contribution in [0.25, 0.3) is 0 Å². The summed E-state index contributed by atoms with van der Waals surface area (Å²) in [4.78, 5) is 12.6. The van der Waals surface area contributed by atoms with E-state index in [0.29, 0.717) is 18.1 Å². The van der Waals surface area contributed by atoms with Gasteiger partial charge in [-0.05, 0) is 13.0 Å². The Bertz CT molecular complexity index is 676. The zero-order valence-electron chi connectivity index (χ0n) is 11.0. The highest BCUT2D eigenvalue weighted by atomic mass is 32.2. The van der Waals surface area contributed by atoms with E-state index in [1.165, 1.54) is 16.6 Å². The third kappa shape index (κ3) is 3.76. The molecule has 0 spiro atoms. The number of thiophene rings is 1. The second kappa shape index (κ2) is 7.33. The van der Waals surface area contributed by atoms with Crippen molar-refractivity contribution in [3.05, 3.63) is 32.4 Å². The molecule has 0 aliphatic heterocycles. The molecular weight excluding hydrogens is 294 g/mol. The van der Waals surface area contributed by atoms with Crippen LogP contribution in [0.2, 0.25) is 0 Å². The maximum atomic E-state index is 11.4. The smallest absolute Gasteiger partial charge is 0.343 e. The molecular formula is C13H15N3O2S2. The van der Waals surface area contributed by atoms with Crippen LogP contribution in [0, 0.1) is 11.8 Å². The van der Waals surface area contributed by atoms with Crippen molar-refractivity contribution < 1.29 is 5.11 Å². The molecule has 0 amide bonds. The summed E-state index contributed by atoms with van der Waals surface area (Å²) < 4.78 is 1.61. The third-order valence-electron chi connectivity index (χ3n) is 2.51. The Morgan fingerprint density at radius 1 is 1.60 bits per heavy atom. The Balaban J connectivity index is 1.98. The van der Waals surface area contributed by atoms with Crippen LogP contribution in [0.1, 0.15) is 23.8 Å². The summed E-state index contributed by atoms with van der Waals surface area (Å²) in [7, 11) is 0. The van der Waals surface area contributed by atoms with Gasteiger partial charge in [-0.2, -0.15) is 0 Å². The summed E-state index contributed by atoms with van der Waals surface area (Å²) in [6.45, 7) is 2.62. The number of aliphatic hydroxyl groups excluding tert-OH is 1. The third-order valence-corrected chi connectivity index (χ3v) is 4.65. The molecule has 106 valence electrons. The lowest BCUT2D eigenvalue weighted by Gasteiger charge is -2.00. The van der Waals surface area contributed by atoms with E-state index in [2.05, 4.69) is 22.0 Å². The number of H-pyrrole nitrogens is 1. The topological polar surface area (TPSA) is 70.9 Å². The number of nitrogens with zero attached hydrogens (tertiary/aromatic N) is 2. The highest BCUT2D eigenvalue weighted by molar-refractivity contribution is 7.98. The minimum Gasteiger partial charge on any atom is -0.395 e. The van der Waals surface area contributed by atoms with Gasteiger partial charge in [0.25, 0.3) is 0 Å². The number of nitrogens with one attached hydrogen (secondary N) is 1. The van der Waals surface area contributed by atoms with Gasteiger partial charge in [-0.1, -0.05) is 23.6 Å². The molecule has 0 fully saturated rings. The fraction of sp³-hybridized carbons (Fsp3) is 0.385. The summed E-state index contributed by atoms with van der Waals surface area (Å²) >= 11 is 3.17. The molecule has 7 heteroatoms. The predicted octanol–water partition coefficient (Wildman–Crippen LogP) is 1.68. The van der Waals surface area contributed by atoms with E-state index >= 15 is 0 Å². The number of hydrogen-bond acceptors (Lipinski definition) is 5. The molecule has 0 aromatic carbocycles. The molecule has 2 aromatic rings. The van der Waals surface area contributed by atoms with E-state index in [1.807, 2.05) is 18.4 Å². The molecule has 2 N–H and O–H groups in total. The van der Waals surface area contributed by atoms with Crippen LogP contribution in [0.5, 0.6) is 0 Å². The Morgan fingerprint density at radius 2 is 2.45 bits per heavy atom. The van der Waals surface area contributed by atoms with Gasteiger partial charge in [0, 0.05) is 34.5 Å². The van der Waals surface area contributed by atoms with Crippen LogP contribution in [0.15, 0.2) is 21.4 Å². The monoisotopic (exact) mass is 309 g/mol. The van der Waals surface area contributed by atoms with E-state index in [9.17, 15) is 4.79 Å². The van der Waals surface area contributed by atoms with Crippen molar-refractivity contribution >= 4 is 23.1 Å². The average Bonchev–Trinajstić information content (AvgIpc) is 3.03. The fourth-order valence-electron chi connectivity index (χ4n) is 1.57. The molecule has 0 aliphatic carbocycles. The lowest BCUT2D eigenvalue weighted by atomic mass is 10.3. The molecule has 0 unspecified atom stereocenters. The quantitative estimate of drug-likeness (QED) is 0.651. The molecule has 0 bridgehead atoms. The number of aromatic nitrogens is 3. The standard InChI is InChI=1S/C13H15N3O2S2/c1-2-16-12(18)14-15-13(16)20-9-11-7-10(8-19-11)5-3-4-6-17/h7-8,17H,2,4,6,9H2,1H3,(H,14,18). The van der Waals surface area contributed by atoms with Gasteiger partial charge in [-0.25, -0.2) is 9.89 Å². The van der Waals surface area contributed by atoms with Crippen LogP contribution >= 0.6 is 23.1 Å². The number of rotatable bonds is 5. The molecule has 2 aromatic heterocycles. The summed E-state index contributed by atoms with van der Waals surface area (Å²) in [5, 5.41) is 17.8. The maximum Gasteiger partial charge on any atom is 0.343 e. The van der Waals surface area contributed by atoms with Crippen molar-refractivity contribution in [3.8, 4) is 11.8 Å². The van der Waals surface area contributed by atoms with E-state index in [4.69, 9.17) is 5.11 Å². The van der Waals surface area contributed by atoms with Crippen LogP contribution in [-0.4, -0.2) is 26.5 Å². The SMILES string of the molecule is CCn1c(SCc2cc(C#CCCO)cs2)n[nH]c1=O. The molecule has 2 heterocycles. The zero-order valence-corrected chi connectivity index (χ0v) is 12.7. The molecule has 20 heavy (non-hydrogen) atoms. The Labute approximate surface area is 125 Å². The maximum absolute atomic E-state index is 11.4. The van der Waals surface area contributed by atoms with Crippen LogP contribution in [0.4, 0.5) is 0 Å². The van der Waals surface area contributed by atoms with Gasteiger partial charge < -0.3 is 5.11 Å². The molecule has 5 nitrogen and oxygen atoms in total. The second-order valence-corrected chi connectivity index (χ2v) is 5.86. The highest BCUT2D eigenvalue weighted by Crippen LogP contribution is 2.24. The molecule has 0 saturated carbocycles. The first-order chi connectivity index (χ1) is 9.74. The zero-order chi connectivity index (χ0) is 14.4. The number of thioether (sulfide) groups is 1. The lowest BCUT2D eigenvalue weighted by molar-refractivity contribution is 0.305. The number of aliphatic hydroxyl groups is 1. The minimum absolute atomic E-state index is 0.0908. The molecule has 0 aliphatic rings. The van der Waals surface area contributed by atoms with Gasteiger partial charge in [0.15, 0.2) is 5.16 Å². The van der Waals surface area contributed by atoms with Gasteiger partial charge >= 0.3 is 5.69 Å². The molecule has 0 saturated heterocycles. The molecule has 2 rings (SSSR count). The lowest BCUT2D eigenvalue weighted by Crippen LogP contribution is -2.16. The Morgan fingerprint density at radius 3 is 3.20 bits per heavy atom. The van der Waals surface area contributed by atoms with Crippen molar-refractivity contribution in [1.82, 2.24) is 14.8 Å². The van der Waals surface area contributed by atoms with Gasteiger partial charge in [0.1, 0.15) is 0 Å².